The van der Waals surface area contributed by atoms with Crippen LogP contribution in [0.4, 0.5) is 17.2 Å². The predicted octanol–water partition coefficient (Wildman–Crippen LogP) is 7.02. The molecule has 4 heterocycles. The van der Waals surface area contributed by atoms with Crippen molar-refractivity contribution in [3.05, 3.63) is 65.5 Å². The van der Waals surface area contributed by atoms with Crippen LogP contribution in [0.5, 0.6) is 0 Å². The van der Waals surface area contributed by atoms with Crippen LogP contribution in [0.1, 0.15) is 99.7 Å². The molecule has 11 nitrogen and oxygen atoms in total. The Kier molecular flexibility index (Phi) is 10.8. The summed E-state index contributed by atoms with van der Waals surface area (Å²) in [6.07, 6.45) is 10.3. The SMILES string of the molecule is CNC(=O)c1cc(Nc2nc(-c3ccc4c(c3)N(C3CC(N5CCCCC5)C3)C(=O)CCCN(C(C)=O)CCC4)cc3ncn(C(C)C)c23)ccc1C. The summed E-state index contributed by atoms with van der Waals surface area (Å²) >= 11 is 0. The maximum atomic E-state index is 14.3. The van der Waals surface area contributed by atoms with Crippen molar-refractivity contribution < 1.29 is 14.4 Å². The lowest BCUT2D eigenvalue weighted by atomic mass is 9.82. The molecule has 1 saturated carbocycles. The predicted molar refractivity (Wildman–Crippen MR) is 211 cm³/mol. The number of nitrogens with zero attached hydrogens (tertiary/aromatic N) is 6. The molecular formula is C42H54N8O3. The van der Waals surface area contributed by atoms with E-state index in [0.29, 0.717) is 43.4 Å². The van der Waals surface area contributed by atoms with Crippen LogP contribution in [0.2, 0.25) is 0 Å². The highest BCUT2D eigenvalue weighted by molar-refractivity contribution is 5.98. The second-order valence-electron chi connectivity index (χ2n) is 15.4. The highest BCUT2D eigenvalue weighted by Gasteiger charge is 2.40. The van der Waals surface area contributed by atoms with Crippen LogP contribution in [0.3, 0.4) is 0 Å². The number of nitrogens with one attached hydrogen (secondary N) is 2. The van der Waals surface area contributed by atoms with E-state index in [0.717, 1.165) is 83.6 Å². The molecule has 4 aromatic rings. The molecule has 3 amide bonds. The van der Waals surface area contributed by atoms with Gasteiger partial charge in [0.15, 0.2) is 5.82 Å². The highest BCUT2D eigenvalue weighted by atomic mass is 16.2. The van der Waals surface area contributed by atoms with Crippen LogP contribution in [0.25, 0.3) is 22.3 Å². The summed E-state index contributed by atoms with van der Waals surface area (Å²) in [6, 6.07) is 15.0. The first-order valence-electron chi connectivity index (χ1n) is 19.5. The third-order valence-electron chi connectivity index (χ3n) is 11.5. The fraction of sp³-hybridized carbons (Fsp3) is 0.500. The quantitative estimate of drug-likeness (QED) is 0.211. The molecule has 280 valence electrons. The number of amides is 3. The Balaban J connectivity index is 1.29. The summed E-state index contributed by atoms with van der Waals surface area (Å²) in [7, 11) is 1.64. The van der Waals surface area contributed by atoms with Crippen LogP contribution in [0, 0.1) is 6.92 Å². The van der Waals surface area contributed by atoms with Gasteiger partial charge in [-0.15, -0.1) is 0 Å². The standard InChI is InChI=1S/C42H54N8O3/c1-27(2)49-26-44-37-25-36(46-41(40(37)49)45-32-16-13-28(3)35(22-32)42(53)43-5)31-15-14-30-11-9-19-47(29(4)51)20-10-12-39(52)50(38(30)21-31)34-23-33(24-34)48-17-7-6-8-18-48/h13-16,21-22,25-27,33-34H,6-12,17-20,23-24H2,1-5H3,(H,43,53)(H,45,46). The number of hydrogen-bond donors (Lipinski definition) is 2. The van der Waals surface area contributed by atoms with Crippen LogP contribution in [-0.2, 0) is 16.0 Å². The maximum Gasteiger partial charge on any atom is 0.251 e. The summed E-state index contributed by atoms with van der Waals surface area (Å²) < 4.78 is 2.11. The van der Waals surface area contributed by atoms with Crippen molar-refractivity contribution in [3.8, 4) is 11.3 Å². The van der Waals surface area contributed by atoms with Crippen molar-refractivity contribution >= 4 is 45.9 Å². The first kappa shape index (κ1) is 36.6. The van der Waals surface area contributed by atoms with Crippen LogP contribution < -0.4 is 15.5 Å². The summed E-state index contributed by atoms with van der Waals surface area (Å²) in [6.45, 7) is 11.4. The van der Waals surface area contributed by atoms with Crippen molar-refractivity contribution in [2.24, 2.45) is 0 Å². The molecule has 0 bridgehead atoms. The first-order valence-corrected chi connectivity index (χ1v) is 19.5. The average molecular weight is 719 g/mol. The van der Waals surface area contributed by atoms with Crippen molar-refractivity contribution in [2.45, 2.75) is 104 Å². The molecule has 53 heavy (non-hydrogen) atoms. The molecule has 3 aliphatic rings. The molecule has 2 aliphatic heterocycles. The number of rotatable bonds is 7. The molecule has 1 aliphatic carbocycles. The number of likely N-dealkylation sites (tertiary alicyclic amines) is 1. The third kappa shape index (κ3) is 7.67. The van der Waals surface area contributed by atoms with Crippen molar-refractivity contribution in [3.63, 3.8) is 0 Å². The zero-order chi connectivity index (χ0) is 37.2. The monoisotopic (exact) mass is 718 g/mol. The Hall–Kier alpha value is -4.77. The van der Waals surface area contributed by atoms with Gasteiger partial charge in [0.2, 0.25) is 11.8 Å². The van der Waals surface area contributed by atoms with E-state index < -0.39 is 0 Å². The van der Waals surface area contributed by atoms with Gasteiger partial charge in [0.1, 0.15) is 5.52 Å². The Morgan fingerprint density at radius 2 is 1.64 bits per heavy atom. The van der Waals surface area contributed by atoms with Crippen molar-refractivity contribution in [1.29, 1.82) is 0 Å². The molecule has 0 radical (unpaired) electrons. The molecule has 0 unspecified atom stereocenters. The minimum absolute atomic E-state index is 0.0637. The largest absolute Gasteiger partial charge is 0.355 e. The fourth-order valence-electron chi connectivity index (χ4n) is 8.38. The van der Waals surface area contributed by atoms with E-state index >= 15 is 0 Å². The summed E-state index contributed by atoms with van der Waals surface area (Å²) in [4.78, 5) is 56.1. The second-order valence-corrected chi connectivity index (χ2v) is 15.4. The number of pyridine rings is 1. The second kappa shape index (κ2) is 15.7. The number of carbonyl (C=O) groups excluding carboxylic acids is 3. The fourth-order valence-corrected chi connectivity index (χ4v) is 8.38. The van der Waals surface area contributed by atoms with E-state index in [9.17, 15) is 14.4 Å². The molecule has 2 aromatic carbocycles. The minimum atomic E-state index is -0.143. The van der Waals surface area contributed by atoms with Gasteiger partial charge in [0.25, 0.3) is 5.91 Å². The summed E-state index contributed by atoms with van der Waals surface area (Å²) in [5.41, 5.74) is 7.67. The number of fused-ring (bicyclic) bond motifs is 2. The molecular weight excluding hydrogens is 665 g/mol. The van der Waals surface area contributed by atoms with Gasteiger partial charge in [-0.05, 0) is 114 Å². The normalized spacial score (nSPS) is 20.2. The zero-order valence-electron chi connectivity index (χ0n) is 32.0. The molecule has 2 fully saturated rings. The lowest BCUT2D eigenvalue weighted by Crippen LogP contribution is -2.56. The van der Waals surface area contributed by atoms with Gasteiger partial charge in [0, 0.05) is 74.1 Å². The van der Waals surface area contributed by atoms with E-state index in [1.165, 1.54) is 19.3 Å². The summed E-state index contributed by atoms with van der Waals surface area (Å²) in [5.74, 6) is 0.694. The number of piperidine rings is 1. The maximum absolute atomic E-state index is 14.3. The topological polar surface area (TPSA) is 116 Å². The van der Waals surface area contributed by atoms with Gasteiger partial charge < -0.3 is 29.9 Å². The van der Waals surface area contributed by atoms with Gasteiger partial charge in [0.05, 0.1) is 17.5 Å². The molecule has 1 saturated heterocycles. The van der Waals surface area contributed by atoms with Gasteiger partial charge in [-0.2, -0.15) is 0 Å². The van der Waals surface area contributed by atoms with E-state index in [2.05, 4.69) is 57.0 Å². The van der Waals surface area contributed by atoms with Crippen LogP contribution >= 0.6 is 0 Å². The number of carbonyl (C=O) groups is 3. The van der Waals surface area contributed by atoms with E-state index in [4.69, 9.17) is 9.97 Å². The number of imidazole rings is 1. The average Bonchev–Trinajstić information content (AvgIpc) is 3.57. The van der Waals surface area contributed by atoms with Gasteiger partial charge in [-0.25, -0.2) is 9.97 Å². The number of hydrogen-bond acceptors (Lipinski definition) is 7. The smallest absolute Gasteiger partial charge is 0.251 e. The number of aryl methyl sites for hydroxylation is 2. The molecule has 11 heteroatoms. The molecule has 0 atom stereocenters. The van der Waals surface area contributed by atoms with Gasteiger partial charge in [-0.3, -0.25) is 14.4 Å². The Morgan fingerprint density at radius 1 is 0.887 bits per heavy atom. The van der Waals surface area contributed by atoms with E-state index in [1.54, 1.807) is 14.0 Å². The first-order chi connectivity index (χ1) is 25.6. The van der Waals surface area contributed by atoms with Crippen molar-refractivity contribution in [1.82, 2.24) is 29.7 Å². The van der Waals surface area contributed by atoms with Gasteiger partial charge in [-0.1, -0.05) is 24.6 Å². The molecule has 2 aromatic heterocycles. The Bertz CT molecular complexity index is 1990. The zero-order valence-corrected chi connectivity index (χ0v) is 32.0. The highest BCUT2D eigenvalue weighted by Crippen LogP contribution is 2.40. The van der Waals surface area contributed by atoms with Gasteiger partial charge >= 0.3 is 0 Å². The lowest BCUT2D eigenvalue weighted by molar-refractivity contribution is -0.129. The summed E-state index contributed by atoms with van der Waals surface area (Å²) in [5, 5.41) is 6.28. The van der Waals surface area contributed by atoms with Crippen LogP contribution in [-0.4, -0.2) is 87.4 Å². The minimum Gasteiger partial charge on any atom is -0.355 e. The molecule has 0 spiro atoms. The van der Waals surface area contributed by atoms with E-state index in [-0.39, 0.29) is 29.8 Å². The Morgan fingerprint density at radius 3 is 2.36 bits per heavy atom. The van der Waals surface area contributed by atoms with Crippen molar-refractivity contribution in [2.75, 3.05) is 43.4 Å². The molecule has 7 rings (SSSR count). The van der Waals surface area contributed by atoms with E-state index in [1.807, 2.05) is 42.4 Å². The number of anilines is 3. The number of aromatic nitrogens is 3. The lowest BCUT2D eigenvalue weighted by Gasteiger charge is -2.49. The number of benzene rings is 2. The molecule has 2 N–H and O–H groups in total. The van der Waals surface area contributed by atoms with Crippen LogP contribution in [0.15, 0.2) is 48.8 Å². The third-order valence-corrected chi connectivity index (χ3v) is 11.5. The Labute approximate surface area is 313 Å².